The van der Waals surface area contributed by atoms with Crippen LogP contribution < -0.4 is 11.1 Å². The summed E-state index contributed by atoms with van der Waals surface area (Å²) >= 11 is 0. The molecule has 3 N–H and O–H groups in total. The van der Waals surface area contributed by atoms with Crippen molar-refractivity contribution < 1.29 is 4.79 Å². The second kappa shape index (κ2) is 6.71. The van der Waals surface area contributed by atoms with Crippen LogP contribution in [0.25, 0.3) is 0 Å². The van der Waals surface area contributed by atoms with Gasteiger partial charge in [-0.15, -0.1) is 0 Å². The lowest BCUT2D eigenvalue weighted by Gasteiger charge is -2.35. The molecule has 2 unspecified atom stereocenters. The third-order valence-corrected chi connectivity index (χ3v) is 5.00. The molecule has 0 aromatic carbocycles. The molecule has 4 heteroatoms. The molecule has 2 fully saturated rings. The highest BCUT2D eigenvalue weighted by molar-refractivity contribution is 5.85. The fraction of sp³-hybridized carbons (Fsp3) is 0.933. The predicted molar refractivity (Wildman–Crippen MR) is 77.9 cm³/mol. The monoisotopic (exact) mass is 267 g/mol. The third-order valence-electron chi connectivity index (χ3n) is 5.00. The Morgan fingerprint density at radius 2 is 2.05 bits per heavy atom. The van der Waals surface area contributed by atoms with Crippen LogP contribution in [0.2, 0.25) is 0 Å². The molecule has 110 valence electrons. The van der Waals surface area contributed by atoms with E-state index < -0.39 is 5.54 Å². The van der Waals surface area contributed by atoms with Crippen molar-refractivity contribution in [1.82, 2.24) is 10.2 Å². The first kappa shape index (κ1) is 14.8. The van der Waals surface area contributed by atoms with E-state index in [0.717, 1.165) is 38.8 Å². The summed E-state index contributed by atoms with van der Waals surface area (Å²) < 4.78 is 0. The van der Waals surface area contributed by atoms with Gasteiger partial charge in [-0.25, -0.2) is 0 Å². The molecule has 0 bridgehead atoms. The SMILES string of the molecule is CCNC1(C(N)=O)CCCC1CCN1CCCCC1. The fourth-order valence-electron chi connectivity index (χ4n) is 3.95. The van der Waals surface area contributed by atoms with Gasteiger partial charge in [-0.3, -0.25) is 4.79 Å². The smallest absolute Gasteiger partial charge is 0.238 e. The lowest BCUT2D eigenvalue weighted by atomic mass is 9.83. The fourth-order valence-corrected chi connectivity index (χ4v) is 3.95. The predicted octanol–water partition coefficient (Wildman–Crippen LogP) is 1.50. The maximum absolute atomic E-state index is 11.9. The number of amides is 1. The van der Waals surface area contributed by atoms with E-state index in [0.29, 0.717) is 5.92 Å². The van der Waals surface area contributed by atoms with Crippen molar-refractivity contribution in [1.29, 1.82) is 0 Å². The average Bonchev–Trinajstić information content (AvgIpc) is 2.82. The zero-order chi connectivity index (χ0) is 13.7. The number of rotatable bonds is 6. The number of carbonyl (C=O) groups excluding carboxylic acids is 1. The summed E-state index contributed by atoms with van der Waals surface area (Å²) in [5, 5.41) is 3.40. The minimum atomic E-state index is -0.426. The zero-order valence-electron chi connectivity index (χ0n) is 12.3. The van der Waals surface area contributed by atoms with Gasteiger partial charge in [-0.2, -0.15) is 0 Å². The van der Waals surface area contributed by atoms with E-state index in [9.17, 15) is 4.79 Å². The van der Waals surface area contributed by atoms with E-state index in [1.807, 2.05) is 0 Å². The molecule has 1 saturated carbocycles. The zero-order valence-corrected chi connectivity index (χ0v) is 12.3. The van der Waals surface area contributed by atoms with E-state index in [1.54, 1.807) is 0 Å². The van der Waals surface area contributed by atoms with E-state index in [-0.39, 0.29) is 5.91 Å². The van der Waals surface area contributed by atoms with E-state index in [2.05, 4.69) is 17.1 Å². The highest BCUT2D eigenvalue weighted by atomic mass is 16.1. The molecule has 1 aliphatic heterocycles. The van der Waals surface area contributed by atoms with Crippen LogP contribution in [0.15, 0.2) is 0 Å². The lowest BCUT2D eigenvalue weighted by molar-refractivity contribution is -0.126. The molecule has 2 atom stereocenters. The van der Waals surface area contributed by atoms with Gasteiger partial charge < -0.3 is 16.0 Å². The molecular formula is C15H29N3O. The first-order valence-electron chi connectivity index (χ1n) is 7.96. The number of hydrogen-bond donors (Lipinski definition) is 2. The summed E-state index contributed by atoms with van der Waals surface area (Å²) in [7, 11) is 0. The number of likely N-dealkylation sites (tertiary alicyclic amines) is 1. The summed E-state index contributed by atoms with van der Waals surface area (Å²) in [5.41, 5.74) is 5.28. The molecule has 2 rings (SSSR count). The Balaban J connectivity index is 1.91. The number of likely N-dealkylation sites (N-methyl/N-ethyl adjacent to an activating group) is 1. The molecule has 19 heavy (non-hydrogen) atoms. The Bertz CT molecular complexity index is 302. The van der Waals surface area contributed by atoms with E-state index in [4.69, 9.17) is 5.73 Å². The Morgan fingerprint density at radius 3 is 2.68 bits per heavy atom. The van der Waals surface area contributed by atoms with Crippen LogP contribution in [0.5, 0.6) is 0 Å². The number of nitrogens with two attached hydrogens (primary N) is 1. The number of primary amides is 1. The Morgan fingerprint density at radius 1 is 1.32 bits per heavy atom. The molecule has 2 aliphatic rings. The normalized spacial score (nSPS) is 32.6. The van der Waals surface area contributed by atoms with Crippen molar-refractivity contribution in [2.24, 2.45) is 11.7 Å². The molecule has 1 saturated heterocycles. The van der Waals surface area contributed by atoms with Crippen LogP contribution in [-0.4, -0.2) is 42.5 Å². The molecule has 0 spiro atoms. The van der Waals surface area contributed by atoms with Crippen LogP contribution in [-0.2, 0) is 4.79 Å². The minimum Gasteiger partial charge on any atom is -0.368 e. The second-order valence-corrected chi connectivity index (χ2v) is 6.15. The van der Waals surface area contributed by atoms with Crippen molar-refractivity contribution in [3.8, 4) is 0 Å². The van der Waals surface area contributed by atoms with Crippen molar-refractivity contribution in [3.63, 3.8) is 0 Å². The highest BCUT2D eigenvalue weighted by Gasteiger charge is 2.46. The Labute approximate surface area is 117 Å². The molecule has 0 radical (unpaired) electrons. The van der Waals surface area contributed by atoms with E-state index in [1.165, 1.54) is 32.4 Å². The van der Waals surface area contributed by atoms with Crippen LogP contribution in [0.1, 0.15) is 51.9 Å². The first-order chi connectivity index (χ1) is 9.19. The summed E-state index contributed by atoms with van der Waals surface area (Å²) in [6.07, 6.45) is 8.33. The van der Waals surface area contributed by atoms with Gasteiger partial charge in [0.15, 0.2) is 0 Å². The van der Waals surface area contributed by atoms with Gasteiger partial charge >= 0.3 is 0 Å². The van der Waals surface area contributed by atoms with Gasteiger partial charge in [0.25, 0.3) is 0 Å². The van der Waals surface area contributed by atoms with Crippen molar-refractivity contribution in [2.75, 3.05) is 26.2 Å². The third kappa shape index (κ3) is 3.29. The van der Waals surface area contributed by atoms with Crippen molar-refractivity contribution in [3.05, 3.63) is 0 Å². The summed E-state index contributed by atoms with van der Waals surface area (Å²) in [4.78, 5) is 14.5. The number of nitrogens with zero attached hydrogens (tertiary/aromatic N) is 1. The molecule has 1 aliphatic carbocycles. The van der Waals surface area contributed by atoms with Gasteiger partial charge in [0.2, 0.25) is 5.91 Å². The quantitative estimate of drug-likeness (QED) is 0.766. The maximum atomic E-state index is 11.9. The lowest BCUT2D eigenvalue weighted by Crippen LogP contribution is -2.58. The highest BCUT2D eigenvalue weighted by Crippen LogP contribution is 2.38. The van der Waals surface area contributed by atoms with Gasteiger partial charge in [-0.05, 0) is 64.2 Å². The molecule has 1 amide bonds. The van der Waals surface area contributed by atoms with Crippen LogP contribution in [0.3, 0.4) is 0 Å². The summed E-state index contributed by atoms with van der Waals surface area (Å²) in [6.45, 7) is 6.48. The van der Waals surface area contributed by atoms with Gasteiger partial charge in [-0.1, -0.05) is 19.8 Å². The molecule has 0 aromatic heterocycles. The van der Waals surface area contributed by atoms with Crippen LogP contribution >= 0.6 is 0 Å². The molecule has 0 aromatic rings. The maximum Gasteiger partial charge on any atom is 0.238 e. The minimum absolute atomic E-state index is 0.143. The van der Waals surface area contributed by atoms with Crippen LogP contribution in [0, 0.1) is 5.92 Å². The summed E-state index contributed by atoms with van der Waals surface area (Å²) in [6, 6.07) is 0. The largest absolute Gasteiger partial charge is 0.368 e. The molecular weight excluding hydrogens is 238 g/mol. The van der Waals surface area contributed by atoms with Crippen LogP contribution in [0.4, 0.5) is 0 Å². The average molecular weight is 267 g/mol. The van der Waals surface area contributed by atoms with Gasteiger partial charge in [0, 0.05) is 0 Å². The Kier molecular flexibility index (Phi) is 5.22. The van der Waals surface area contributed by atoms with Gasteiger partial charge in [0.05, 0.1) is 0 Å². The second-order valence-electron chi connectivity index (χ2n) is 6.15. The Hall–Kier alpha value is -0.610. The van der Waals surface area contributed by atoms with E-state index >= 15 is 0 Å². The first-order valence-corrected chi connectivity index (χ1v) is 7.96. The molecule has 4 nitrogen and oxygen atoms in total. The van der Waals surface area contributed by atoms with Gasteiger partial charge in [0.1, 0.15) is 5.54 Å². The molecule has 1 heterocycles. The number of hydrogen-bond acceptors (Lipinski definition) is 3. The summed E-state index contributed by atoms with van der Waals surface area (Å²) in [5.74, 6) is 0.280. The number of carbonyl (C=O) groups is 1. The van der Waals surface area contributed by atoms with Crippen molar-refractivity contribution in [2.45, 2.75) is 57.4 Å². The van der Waals surface area contributed by atoms with Crippen molar-refractivity contribution >= 4 is 5.91 Å². The number of nitrogens with one attached hydrogen (secondary N) is 1. The number of piperidine rings is 1. The topological polar surface area (TPSA) is 58.4 Å². The standard InChI is InChI=1S/C15H29N3O/c1-2-17-15(14(16)19)9-6-7-13(15)8-12-18-10-4-3-5-11-18/h13,17H,2-12H2,1H3,(H2,16,19).